The van der Waals surface area contributed by atoms with Gasteiger partial charge in [-0.15, -0.1) is 17.0 Å². The molecule has 0 spiro atoms. The number of rotatable bonds is 1. The molecule has 2 aromatic carbocycles. The molecule has 0 aliphatic carbocycles. The number of phenolic OH excluding ortho intramolecular Hbond substituents is 2. The standard InChI is InChI=1S/C17H18ClNO2.BrH/c1-10-2-4-11(5-3-10)14-9-19-7-6-12-13(14)8-15(20)17(21)16(12)18;/h2-5,8,14,19-21H,6-7,9H2,1H3;1H. The van der Waals surface area contributed by atoms with Gasteiger partial charge in [0.05, 0.1) is 5.02 Å². The van der Waals surface area contributed by atoms with E-state index in [2.05, 4.69) is 36.5 Å². The van der Waals surface area contributed by atoms with Crippen molar-refractivity contribution in [3.8, 4) is 11.5 Å². The van der Waals surface area contributed by atoms with Crippen LogP contribution in [0.3, 0.4) is 0 Å². The normalized spacial score (nSPS) is 17.3. The minimum absolute atomic E-state index is 0. The van der Waals surface area contributed by atoms with E-state index in [1.165, 1.54) is 11.1 Å². The Morgan fingerprint density at radius 2 is 1.86 bits per heavy atom. The van der Waals surface area contributed by atoms with Crippen molar-refractivity contribution in [1.82, 2.24) is 5.32 Å². The topological polar surface area (TPSA) is 52.5 Å². The van der Waals surface area contributed by atoms with Crippen molar-refractivity contribution in [3.63, 3.8) is 0 Å². The van der Waals surface area contributed by atoms with Crippen molar-refractivity contribution in [3.05, 3.63) is 57.6 Å². The van der Waals surface area contributed by atoms with Crippen LogP contribution in [0.25, 0.3) is 0 Å². The van der Waals surface area contributed by atoms with Crippen molar-refractivity contribution >= 4 is 28.6 Å². The Kier molecular flexibility index (Phi) is 5.37. The molecule has 1 heterocycles. The molecule has 0 radical (unpaired) electrons. The average molecular weight is 385 g/mol. The molecular formula is C17H19BrClNO2. The average Bonchev–Trinajstić information content (AvgIpc) is 2.68. The van der Waals surface area contributed by atoms with Gasteiger partial charge in [-0.1, -0.05) is 41.4 Å². The third-order valence-electron chi connectivity index (χ3n) is 4.11. The summed E-state index contributed by atoms with van der Waals surface area (Å²) in [6, 6.07) is 10.0. The summed E-state index contributed by atoms with van der Waals surface area (Å²) >= 11 is 6.23. The second kappa shape index (κ2) is 6.90. The van der Waals surface area contributed by atoms with Gasteiger partial charge in [0.15, 0.2) is 11.5 Å². The number of aryl methyl sites for hydroxylation is 1. The fraction of sp³-hybridized carbons (Fsp3) is 0.294. The van der Waals surface area contributed by atoms with Gasteiger partial charge in [0, 0.05) is 12.5 Å². The van der Waals surface area contributed by atoms with Crippen LogP contribution in [0.4, 0.5) is 0 Å². The number of fused-ring (bicyclic) bond motifs is 1. The quantitative estimate of drug-likeness (QED) is 0.653. The number of aromatic hydroxyl groups is 2. The lowest BCUT2D eigenvalue weighted by atomic mass is 9.87. The van der Waals surface area contributed by atoms with E-state index in [9.17, 15) is 10.2 Å². The second-order valence-corrected chi connectivity index (χ2v) is 5.92. The fourth-order valence-electron chi connectivity index (χ4n) is 2.92. The van der Waals surface area contributed by atoms with Gasteiger partial charge in [-0.2, -0.15) is 0 Å². The van der Waals surface area contributed by atoms with Crippen LogP contribution in [-0.2, 0) is 6.42 Å². The third kappa shape index (κ3) is 3.09. The van der Waals surface area contributed by atoms with Gasteiger partial charge in [0.1, 0.15) is 0 Å². The van der Waals surface area contributed by atoms with Crippen LogP contribution in [0.15, 0.2) is 30.3 Å². The lowest BCUT2D eigenvalue weighted by Gasteiger charge is -2.20. The lowest BCUT2D eigenvalue weighted by Crippen LogP contribution is -2.20. The maximum atomic E-state index is 9.90. The summed E-state index contributed by atoms with van der Waals surface area (Å²) in [5.74, 6) is -0.259. The minimum atomic E-state index is -0.222. The molecule has 22 heavy (non-hydrogen) atoms. The summed E-state index contributed by atoms with van der Waals surface area (Å²) in [6.45, 7) is 3.65. The zero-order valence-corrected chi connectivity index (χ0v) is 14.7. The Balaban J connectivity index is 0.00000176. The van der Waals surface area contributed by atoms with Gasteiger partial charge in [-0.25, -0.2) is 0 Å². The van der Waals surface area contributed by atoms with E-state index in [0.29, 0.717) is 0 Å². The molecule has 5 heteroatoms. The highest BCUT2D eigenvalue weighted by Gasteiger charge is 2.25. The second-order valence-electron chi connectivity index (χ2n) is 5.54. The van der Waals surface area contributed by atoms with Crippen molar-refractivity contribution in [2.45, 2.75) is 19.3 Å². The van der Waals surface area contributed by atoms with Crippen LogP contribution < -0.4 is 5.32 Å². The van der Waals surface area contributed by atoms with E-state index in [0.717, 1.165) is 30.6 Å². The number of hydrogen-bond donors (Lipinski definition) is 3. The van der Waals surface area contributed by atoms with Crippen molar-refractivity contribution in [2.75, 3.05) is 13.1 Å². The zero-order valence-electron chi connectivity index (χ0n) is 12.3. The maximum absolute atomic E-state index is 9.90. The highest BCUT2D eigenvalue weighted by atomic mass is 79.9. The molecule has 3 nitrogen and oxygen atoms in total. The molecule has 0 bridgehead atoms. The monoisotopic (exact) mass is 383 g/mol. The van der Waals surface area contributed by atoms with E-state index < -0.39 is 0 Å². The van der Waals surface area contributed by atoms with Gasteiger partial charge >= 0.3 is 0 Å². The van der Waals surface area contributed by atoms with Gasteiger partial charge in [0.25, 0.3) is 0 Å². The highest BCUT2D eigenvalue weighted by molar-refractivity contribution is 8.93. The molecule has 1 aliphatic rings. The predicted octanol–water partition coefficient (Wildman–Crippen LogP) is 3.92. The summed E-state index contributed by atoms with van der Waals surface area (Å²) in [4.78, 5) is 0. The number of nitrogens with one attached hydrogen (secondary N) is 1. The molecule has 3 rings (SSSR count). The van der Waals surface area contributed by atoms with E-state index >= 15 is 0 Å². The molecule has 0 amide bonds. The molecule has 3 N–H and O–H groups in total. The molecule has 0 saturated heterocycles. The van der Waals surface area contributed by atoms with Crippen LogP contribution in [0.1, 0.15) is 28.2 Å². The Labute approximate surface area is 145 Å². The van der Waals surface area contributed by atoms with Crippen molar-refractivity contribution < 1.29 is 10.2 Å². The van der Waals surface area contributed by atoms with Gasteiger partial charge < -0.3 is 15.5 Å². The number of hydrogen-bond acceptors (Lipinski definition) is 3. The van der Waals surface area contributed by atoms with Crippen LogP contribution in [-0.4, -0.2) is 23.3 Å². The van der Waals surface area contributed by atoms with Crippen molar-refractivity contribution in [1.29, 1.82) is 0 Å². The molecule has 1 atom stereocenters. The summed E-state index contributed by atoms with van der Waals surface area (Å²) in [7, 11) is 0. The minimum Gasteiger partial charge on any atom is -0.504 e. The van der Waals surface area contributed by atoms with Crippen molar-refractivity contribution in [2.24, 2.45) is 0 Å². The first-order valence-corrected chi connectivity index (χ1v) is 7.46. The molecule has 0 saturated carbocycles. The molecule has 1 unspecified atom stereocenters. The first kappa shape index (κ1) is 17.1. The Hall–Kier alpha value is -1.23. The van der Waals surface area contributed by atoms with E-state index in [-0.39, 0.29) is 39.4 Å². The van der Waals surface area contributed by atoms with E-state index in [4.69, 9.17) is 11.6 Å². The number of halogens is 2. The Bertz CT molecular complexity index is 673. The first-order valence-electron chi connectivity index (χ1n) is 7.08. The Morgan fingerprint density at radius 1 is 1.18 bits per heavy atom. The summed E-state index contributed by atoms with van der Waals surface area (Å²) in [5, 5.41) is 23.4. The molecular weight excluding hydrogens is 366 g/mol. The van der Waals surface area contributed by atoms with Crippen LogP contribution in [0, 0.1) is 6.92 Å². The largest absolute Gasteiger partial charge is 0.504 e. The van der Waals surface area contributed by atoms with Gasteiger partial charge in [-0.05, 0) is 42.6 Å². The maximum Gasteiger partial charge on any atom is 0.176 e. The van der Waals surface area contributed by atoms with Gasteiger partial charge in [-0.3, -0.25) is 0 Å². The molecule has 2 aromatic rings. The van der Waals surface area contributed by atoms with Crippen LogP contribution >= 0.6 is 28.6 Å². The lowest BCUT2D eigenvalue weighted by molar-refractivity contribution is 0.402. The summed E-state index contributed by atoms with van der Waals surface area (Å²) in [6.07, 6.45) is 0.740. The predicted molar refractivity (Wildman–Crippen MR) is 94.7 cm³/mol. The van der Waals surface area contributed by atoms with E-state index in [1.54, 1.807) is 6.07 Å². The zero-order chi connectivity index (χ0) is 15.0. The molecule has 0 aromatic heterocycles. The molecule has 118 valence electrons. The van der Waals surface area contributed by atoms with Crippen LogP contribution in [0.2, 0.25) is 5.02 Å². The number of phenols is 2. The van der Waals surface area contributed by atoms with E-state index in [1.807, 2.05) is 0 Å². The molecule has 0 fully saturated rings. The summed E-state index contributed by atoms with van der Waals surface area (Å²) in [5.41, 5.74) is 4.30. The summed E-state index contributed by atoms with van der Waals surface area (Å²) < 4.78 is 0. The Morgan fingerprint density at radius 3 is 2.55 bits per heavy atom. The SMILES string of the molecule is Br.Cc1ccc(C2CNCCc3c2cc(O)c(O)c3Cl)cc1. The van der Waals surface area contributed by atoms with Crippen LogP contribution in [0.5, 0.6) is 11.5 Å². The first-order chi connectivity index (χ1) is 10.1. The fourth-order valence-corrected chi connectivity index (χ4v) is 3.22. The highest BCUT2D eigenvalue weighted by Crippen LogP contribution is 2.42. The smallest absolute Gasteiger partial charge is 0.176 e. The van der Waals surface area contributed by atoms with Gasteiger partial charge in [0.2, 0.25) is 0 Å². The number of benzene rings is 2. The third-order valence-corrected chi connectivity index (χ3v) is 4.52. The molecule has 1 aliphatic heterocycles.